The van der Waals surface area contributed by atoms with Crippen molar-refractivity contribution in [2.45, 2.75) is 32.6 Å². The average molecular weight is 190 g/mol. The van der Waals surface area contributed by atoms with E-state index < -0.39 is 0 Å². The van der Waals surface area contributed by atoms with E-state index in [2.05, 4.69) is 36.1 Å². The summed E-state index contributed by atoms with van der Waals surface area (Å²) in [5.74, 6) is 0. The van der Waals surface area contributed by atoms with Gasteiger partial charge in [0, 0.05) is 11.6 Å². The van der Waals surface area contributed by atoms with Crippen LogP contribution in [0.1, 0.15) is 32.9 Å². The second-order valence-electron chi connectivity index (χ2n) is 4.09. The van der Waals surface area contributed by atoms with E-state index in [1.807, 2.05) is 12.3 Å². The molecule has 2 aromatic rings. The first-order valence-electron chi connectivity index (χ1n) is 4.81. The van der Waals surface area contributed by atoms with E-state index in [4.69, 9.17) is 0 Å². The van der Waals surface area contributed by atoms with Crippen molar-refractivity contribution in [2.75, 3.05) is 0 Å². The van der Waals surface area contributed by atoms with Crippen LogP contribution in [-0.4, -0.2) is 19.8 Å². The van der Waals surface area contributed by atoms with E-state index in [-0.39, 0.29) is 5.41 Å². The summed E-state index contributed by atoms with van der Waals surface area (Å²) in [5.41, 5.74) is 2.02. The van der Waals surface area contributed by atoms with E-state index in [1.165, 1.54) is 0 Å². The fourth-order valence-corrected chi connectivity index (χ4v) is 1.28. The Kier molecular flexibility index (Phi) is 1.98. The van der Waals surface area contributed by atoms with Gasteiger partial charge in [-0.2, -0.15) is 0 Å². The topological polar surface area (TPSA) is 43.1 Å². The molecule has 2 aromatic heterocycles. The van der Waals surface area contributed by atoms with Gasteiger partial charge in [0.15, 0.2) is 5.65 Å². The third kappa shape index (κ3) is 1.36. The summed E-state index contributed by atoms with van der Waals surface area (Å²) in [4.78, 5) is 4.52. The van der Waals surface area contributed by atoms with Gasteiger partial charge in [-0.1, -0.05) is 26.0 Å². The van der Waals surface area contributed by atoms with Crippen LogP contribution < -0.4 is 0 Å². The third-order valence-corrected chi connectivity index (χ3v) is 2.74. The van der Waals surface area contributed by atoms with E-state index in [0.717, 1.165) is 17.8 Å². The molecule has 2 heterocycles. The van der Waals surface area contributed by atoms with Gasteiger partial charge < -0.3 is 0 Å². The molecule has 0 N–H and O–H groups in total. The molecule has 0 aromatic carbocycles. The highest BCUT2D eigenvalue weighted by molar-refractivity contribution is 5.35. The van der Waals surface area contributed by atoms with E-state index in [1.54, 1.807) is 10.7 Å². The minimum atomic E-state index is 0.117. The van der Waals surface area contributed by atoms with Gasteiger partial charge >= 0.3 is 0 Å². The van der Waals surface area contributed by atoms with Crippen LogP contribution in [0, 0.1) is 0 Å². The van der Waals surface area contributed by atoms with Crippen molar-refractivity contribution in [1.82, 2.24) is 19.8 Å². The molecule has 0 saturated heterocycles. The van der Waals surface area contributed by atoms with Crippen molar-refractivity contribution in [1.29, 1.82) is 0 Å². The molecule has 2 rings (SSSR count). The molecule has 0 saturated carbocycles. The minimum Gasteiger partial charge on any atom is -0.232 e. The smallest absolute Gasteiger partial charge is 0.175 e. The molecule has 0 amide bonds. The Hall–Kier alpha value is -1.45. The number of hydrogen-bond donors (Lipinski definition) is 0. The van der Waals surface area contributed by atoms with E-state index in [0.29, 0.717) is 0 Å². The SMILES string of the molecule is CCC(C)(C)c1ccn2nncc2n1. The molecule has 4 nitrogen and oxygen atoms in total. The van der Waals surface area contributed by atoms with Gasteiger partial charge in [0.05, 0.1) is 11.9 Å². The second kappa shape index (κ2) is 3.04. The Morgan fingerprint density at radius 2 is 2.21 bits per heavy atom. The fourth-order valence-electron chi connectivity index (χ4n) is 1.28. The summed E-state index contributed by atoms with van der Waals surface area (Å²) in [7, 11) is 0. The lowest BCUT2D eigenvalue weighted by atomic mass is 9.86. The first-order valence-corrected chi connectivity index (χ1v) is 4.81. The molecule has 0 bridgehead atoms. The molecular formula is C10H14N4. The molecule has 0 aliphatic rings. The van der Waals surface area contributed by atoms with E-state index >= 15 is 0 Å². The van der Waals surface area contributed by atoms with Gasteiger partial charge in [0.25, 0.3) is 0 Å². The summed E-state index contributed by atoms with van der Waals surface area (Å²) < 4.78 is 1.68. The monoisotopic (exact) mass is 190 g/mol. The Labute approximate surface area is 83.0 Å². The molecule has 0 unspecified atom stereocenters. The zero-order valence-corrected chi connectivity index (χ0v) is 8.73. The van der Waals surface area contributed by atoms with Crippen molar-refractivity contribution < 1.29 is 0 Å². The van der Waals surface area contributed by atoms with Crippen molar-refractivity contribution in [2.24, 2.45) is 0 Å². The van der Waals surface area contributed by atoms with Gasteiger partial charge in [-0.15, -0.1) is 5.10 Å². The molecular weight excluding hydrogens is 176 g/mol. The highest BCUT2D eigenvalue weighted by Crippen LogP contribution is 2.24. The molecule has 0 aliphatic carbocycles. The number of fused-ring (bicyclic) bond motifs is 1. The summed E-state index contributed by atoms with van der Waals surface area (Å²) in [5, 5.41) is 7.67. The Balaban J connectivity index is 2.53. The Morgan fingerprint density at radius 3 is 2.93 bits per heavy atom. The zero-order valence-electron chi connectivity index (χ0n) is 8.73. The molecule has 0 fully saturated rings. The molecule has 0 atom stereocenters. The van der Waals surface area contributed by atoms with Crippen LogP contribution in [0.25, 0.3) is 5.65 Å². The van der Waals surface area contributed by atoms with Crippen LogP contribution in [-0.2, 0) is 5.41 Å². The molecule has 0 spiro atoms. The maximum Gasteiger partial charge on any atom is 0.175 e. The van der Waals surface area contributed by atoms with Gasteiger partial charge in [-0.3, -0.25) is 0 Å². The number of nitrogens with zero attached hydrogens (tertiary/aromatic N) is 4. The van der Waals surface area contributed by atoms with Crippen LogP contribution in [0.15, 0.2) is 18.5 Å². The highest BCUT2D eigenvalue weighted by atomic mass is 15.4. The third-order valence-electron chi connectivity index (χ3n) is 2.74. The maximum atomic E-state index is 4.52. The summed E-state index contributed by atoms with van der Waals surface area (Å²) in [6.07, 6.45) is 4.65. The first kappa shape index (κ1) is 9.12. The van der Waals surface area contributed by atoms with Crippen LogP contribution >= 0.6 is 0 Å². The largest absolute Gasteiger partial charge is 0.232 e. The van der Waals surface area contributed by atoms with Crippen molar-refractivity contribution in [3.05, 3.63) is 24.2 Å². The summed E-state index contributed by atoms with van der Waals surface area (Å²) in [6.45, 7) is 6.55. The molecule has 74 valence electrons. The average Bonchev–Trinajstić information content (AvgIpc) is 2.64. The summed E-state index contributed by atoms with van der Waals surface area (Å²) in [6, 6.07) is 2.01. The van der Waals surface area contributed by atoms with Crippen molar-refractivity contribution in [3.63, 3.8) is 0 Å². The first-order chi connectivity index (χ1) is 6.63. The standard InChI is InChI=1S/C10H14N4/c1-4-10(2,3)8-5-6-14-9(12-8)7-11-13-14/h5-7H,4H2,1-3H3. The maximum absolute atomic E-state index is 4.52. The van der Waals surface area contributed by atoms with Crippen LogP contribution in [0.2, 0.25) is 0 Å². The highest BCUT2D eigenvalue weighted by Gasteiger charge is 2.19. The summed E-state index contributed by atoms with van der Waals surface area (Å²) >= 11 is 0. The van der Waals surface area contributed by atoms with Gasteiger partial charge in [0.1, 0.15) is 0 Å². The number of rotatable bonds is 2. The van der Waals surface area contributed by atoms with Crippen LogP contribution in [0.5, 0.6) is 0 Å². The quantitative estimate of drug-likeness (QED) is 0.725. The Bertz CT molecular complexity index is 444. The lowest BCUT2D eigenvalue weighted by molar-refractivity contribution is 0.490. The number of aromatic nitrogens is 4. The normalized spacial score (nSPS) is 12.2. The lowest BCUT2D eigenvalue weighted by Gasteiger charge is -2.21. The predicted octanol–water partition coefficient (Wildman–Crippen LogP) is 1.81. The van der Waals surface area contributed by atoms with Crippen LogP contribution in [0.3, 0.4) is 0 Å². The number of hydrogen-bond acceptors (Lipinski definition) is 3. The van der Waals surface area contributed by atoms with Gasteiger partial charge in [0.2, 0.25) is 0 Å². The minimum absolute atomic E-state index is 0.117. The fraction of sp³-hybridized carbons (Fsp3) is 0.500. The van der Waals surface area contributed by atoms with E-state index in [9.17, 15) is 0 Å². The molecule has 4 heteroatoms. The van der Waals surface area contributed by atoms with Crippen molar-refractivity contribution in [3.8, 4) is 0 Å². The second-order valence-corrected chi connectivity index (χ2v) is 4.09. The lowest BCUT2D eigenvalue weighted by Crippen LogP contribution is -2.17. The van der Waals surface area contributed by atoms with Gasteiger partial charge in [-0.05, 0) is 12.5 Å². The zero-order chi connectivity index (χ0) is 10.2. The molecule has 0 aliphatic heterocycles. The molecule has 0 radical (unpaired) electrons. The van der Waals surface area contributed by atoms with Crippen molar-refractivity contribution >= 4 is 5.65 Å². The predicted molar refractivity (Wildman–Crippen MR) is 54.1 cm³/mol. The molecule has 14 heavy (non-hydrogen) atoms. The van der Waals surface area contributed by atoms with Gasteiger partial charge in [-0.25, -0.2) is 9.50 Å². The van der Waals surface area contributed by atoms with Crippen LogP contribution in [0.4, 0.5) is 0 Å². The Morgan fingerprint density at radius 1 is 1.43 bits per heavy atom.